The Kier molecular flexibility index (Phi) is 4.50. The first-order valence-electron chi connectivity index (χ1n) is 5.50. The topological polar surface area (TPSA) is 17.1 Å². The molecule has 2 rings (SSSR count). The van der Waals surface area contributed by atoms with Gasteiger partial charge in [0.1, 0.15) is 5.82 Å². The van der Waals surface area contributed by atoms with Gasteiger partial charge in [-0.15, -0.1) is 0 Å². The first-order valence-corrected chi connectivity index (χ1v) is 6.68. The highest BCUT2D eigenvalue weighted by atomic mass is 79.9. The molecule has 0 saturated heterocycles. The first kappa shape index (κ1) is 15.1. The summed E-state index contributed by atoms with van der Waals surface area (Å²) >= 11 is 8.46. The molecule has 0 unspecified atom stereocenters. The Labute approximate surface area is 126 Å². The third-order valence-electron chi connectivity index (χ3n) is 2.68. The average Bonchev–Trinajstić information content (AvgIpc) is 2.40. The highest BCUT2D eigenvalue weighted by molar-refractivity contribution is 9.10. The number of benzene rings is 2. The Morgan fingerprint density at radius 3 is 2.40 bits per heavy atom. The lowest BCUT2D eigenvalue weighted by Gasteiger charge is -2.06. The van der Waals surface area contributed by atoms with Crippen LogP contribution in [0, 0.1) is 17.5 Å². The number of carbonyl (C=O) groups excluding carboxylic acids is 1. The van der Waals surface area contributed by atoms with Gasteiger partial charge in [-0.1, -0.05) is 17.7 Å². The highest BCUT2D eigenvalue weighted by Crippen LogP contribution is 2.25. The van der Waals surface area contributed by atoms with Crippen LogP contribution < -0.4 is 0 Å². The molecular formula is C14H7BrClF3O. The molecule has 0 saturated carbocycles. The molecule has 2 aromatic carbocycles. The molecule has 0 aliphatic carbocycles. The Morgan fingerprint density at radius 2 is 1.75 bits per heavy atom. The Hall–Kier alpha value is -1.33. The largest absolute Gasteiger partial charge is 0.294 e. The van der Waals surface area contributed by atoms with E-state index in [1.807, 2.05) is 0 Å². The summed E-state index contributed by atoms with van der Waals surface area (Å²) in [5.74, 6) is -3.18. The molecule has 0 atom stereocenters. The first-order chi connectivity index (χ1) is 9.40. The van der Waals surface area contributed by atoms with Crippen molar-refractivity contribution >= 4 is 33.3 Å². The van der Waals surface area contributed by atoms with Gasteiger partial charge in [0, 0.05) is 12.0 Å². The van der Waals surface area contributed by atoms with E-state index in [1.165, 1.54) is 18.2 Å². The van der Waals surface area contributed by atoms with Gasteiger partial charge in [-0.3, -0.25) is 4.79 Å². The number of carbonyl (C=O) groups is 1. The molecule has 104 valence electrons. The Morgan fingerprint density at radius 1 is 1.10 bits per heavy atom. The summed E-state index contributed by atoms with van der Waals surface area (Å²) in [7, 11) is 0. The van der Waals surface area contributed by atoms with Crippen LogP contribution in [0.15, 0.2) is 34.8 Å². The van der Waals surface area contributed by atoms with E-state index in [0.29, 0.717) is 5.56 Å². The lowest BCUT2D eigenvalue weighted by molar-refractivity contribution is 0.0991. The fraction of sp³-hybridized carbons (Fsp3) is 0.0714. The van der Waals surface area contributed by atoms with Gasteiger partial charge in [-0.05, 0) is 45.8 Å². The zero-order valence-corrected chi connectivity index (χ0v) is 12.2. The summed E-state index contributed by atoms with van der Waals surface area (Å²) in [5.41, 5.74) is 0.502. The van der Waals surface area contributed by atoms with Gasteiger partial charge < -0.3 is 0 Å². The highest BCUT2D eigenvalue weighted by Gasteiger charge is 2.17. The summed E-state index contributed by atoms with van der Waals surface area (Å²) in [6, 6.07) is 5.95. The number of hydrogen-bond acceptors (Lipinski definition) is 1. The summed E-state index contributed by atoms with van der Waals surface area (Å²) in [5, 5.41) is -0.0975. The van der Waals surface area contributed by atoms with Crippen molar-refractivity contribution in [3.05, 3.63) is 68.4 Å². The van der Waals surface area contributed by atoms with E-state index in [9.17, 15) is 18.0 Å². The standard InChI is InChI=1S/C14H7BrClF3O/c15-13-8(2-4-11(18)14(13)19)12(20)6-7-1-3-10(17)9(16)5-7/h1-5H,6H2. The zero-order valence-electron chi connectivity index (χ0n) is 9.89. The van der Waals surface area contributed by atoms with Gasteiger partial charge in [0.15, 0.2) is 17.4 Å². The van der Waals surface area contributed by atoms with E-state index in [0.717, 1.165) is 12.1 Å². The van der Waals surface area contributed by atoms with Gasteiger partial charge in [0.05, 0.1) is 9.50 Å². The third-order valence-corrected chi connectivity index (χ3v) is 3.75. The predicted molar refractivity (Wildman–Crippen MR) is 73.5 cm³/mol. The number of hydrogen-bond donors (Lipinski definition) is 0. The molecule has 1 nitrogen and oxygen atoms in total. The van der Waals surface area contributed by atoms with Crippen molar-refractivity contribution in [2.24, 2.45) is 0 Å². The molecule has 6 heteroatoms. The maximum absolute atomic E-state index is 13.4. The number of rotatable bonds is 3. The molecular weight excluding hydrogens is 357 g/mol. The molecule has 0 bridgehead atoms. The van der Waals surface area contributed by atoms with Crippen LogP contribution in [-0.4, -0.2) is 5.78 Å². The quantitative estimate of drug-likeness (QED) is 0.557. The number of halogens is 5. The molecule has 0 N–H and O–H groups in total. The smallest absolute Gasteiger partial charge is 0.173 e. The number of Topliss-reactive ketones (excluding diaryl/α,β-unsaturated/α-hetero) is 1. The minimum Gasteiger partial charge on any atom is -0.294 e. The van der Waals surface area contributed by atoms with Crippen LogP contribution in [0.2, 0.25) is 5.02 Å². The van der Waals surface area contributed by atoms with E-state index < -0.39 is 23.2 Å². The molecule has 20 heavy (non-hydrogen) atoms. The van der Waals surface area contributed by atoms with Crippen LogP contribution in [0.4, 0.5) is 13.2 Å². The maximum atomic E-state index is 13.4. The second kappa shape index (κ2) is 5.97. The van der Waals surface area contributed by atoms with Crippen LogP contribution in [0.5, 0.6) is 0 Å². The zero-order chi connectivity index (χ0) is 14.9. The van der Waals surface area contributed by atoms with E-state index in [2.05, 4.69) is 15.9 Å². The molecule has 0 radical (unpaired) electrons. The molecule has 0 fully saturated rings. The van der Waals surface area contributed by atoms with Crippen LogP contribution in [0.3, 0.4) is 0 Å². The van der Waals surface area contributed by atoms with E-state index >= 15 is 0 Å². The van der Waals surface area contributed by atoms with Gasteiger partial charge in [0.2, 0.25) is 0 Å². The number of ketones is 1. The summed E-state index contributed by atoms with van der Waals surface area (Å²) in [6.07, 6.45) is -0.0936. The van der Waals surface area contributed by atoms with Crippen molar-refractivity contribution in [1.82, 2.24) is 0 Å². The third kappa shape index (κ3) is 3.04. The molecule has 0 aliphatic rings. The Balaban J connectivity index is 2.28. The molecule has 0 aromatic heterocycles. The van der Waals surface area contributed by atoms with Crippen LogP contribution in [0.1, 0.15) is 15.9 Å². The van der Waals surface area contributed by atoms with Crippen molar-refractivity contribution in [3.63, 3.8) is 0 Å². The van der Waals surface area contributed by atoms with Crippen LogP contribution in [-0.2, 0) is 6.42 Å². The van der Waals surface area contributed by atoms with Gasteiger partial charge in [-0.25, -0.2) is 13.2 Å². The summed E-state index contributed by atoms with van der Waals surface area (Å²) < 4.78 is 39.1. The van der Waals surface area contributed by atoms with Crippen molar-refractivity contribution in [1.29, 1.82) is 0 Å². The SMILES string of the molecule is O=C(Cc1ccc(F)c(Cl)c1)c1ccc(F)c(F)c1Br. The van der Waals surface area contributed by atoms with Gasteiger partial charge in [-0.2, -0.15) is 0 Å². The van der Waals surface area contributed by atoms with E-state index in [1.54, 1.807) is 0 Å². The summed E-state index contributed by atoms with van der Waals surface area (Å²) in [6.45, 7) is 0. The van der Waals surface area contributed by atoms with Gasteiger partial charge in [0.25, 0.3) is 0 Å². The fourth-order valence-electron chi connectivity index (χ4n) is 1.67. The van der Waals surface area contributed by atoms with E-state index in [4.69, 9.17) is 11.6 Å². The summed E-state index contributed by atoms with van der Waals surface area (Å²) in [4.78, 5) is 12.0. The fourth-order valence-corrected chi connectivity index (χ4v) is 2.42. The molecule has 0 aliphatic heterocycles. The van der Waals surface area contributed by atoms with Crippen LogP contribution >= 0.6 is 27.5 Å². The van der Waals surface area contributed by atoms with Crippen molar-refractivity contribution < 1.29 is 18.0 Å². The Bertz CT molecular complexity index is 688. The minimum atomic E-state index is -1.12. The average molecular weight is 364 g/mol. The van der Waals surface area contributed by atoms with E-state index in [-0.39, 0.29) is 21.5 Å². The van der Waals surface area contributed by atoms with Crippen molar-refractivity contribution in [2.45, 2.75) is 6.42 Å². The molecule has 0 amide bonds. The predicted octanol–water partition coefficient (Wildman–Crippen LogP) is 4.95. The lowest BCUT2D eigenvalue weighted by Crippen LogP contribution is -2.06. The van der Waals surface area contributed by atoms with Gasteiger partial charge >= 0.3 is 0 Å². The molecule has 2 aromatic rings. The minimum absolute atomic E-state index is 0.0179. The second-order valence-corrected chi connectivity index (χ2v) is 5.27. The molecule has 0 heterocycles. The molecule has 0 spiro atoms. The lowest BCUT2D eigenvalue weighted by atomic mass is 10.0. The van der Waals surface area contributed by atoms with Crippen molar-refractivity contribution in [2.75, 3.05) is 0 Å². The second-order valence-electron chi connectivity index (χ2n) is 4.07. The maximum Gasteiger partial charge on any atom is 0.173 e. The normalized spacial score (nSPS) is 10.7. The van der Waals surface area contributed by atoms with Crippen molar-refractivity contribution in [3.8, 4) is 0 Å². The monoisotopic (exact) mass is 362 g/mol. The van der Waals surface area contributed by atoms with Crippen LogP contribution in [0.25, 0.3) is 0 Å².